The summed E-state index contributed by atoms with van der Waals surface area (Å²) < 4.78 is 32.6. The molecule has 0 spiro atoms. The van der Waals surface area contributed by atoms with E-state index in [1.165, 1.54) is 148 Å². The molecule has 0 bridgehead atoms. The maximum atomic E-state index is 12.6. The SMILES string of the molecule is CCCCCCC/C=C\C/C=C\C/C=C\CCCCCCCCC(=O)NC(CS(=O)(=O)O)C(O)/C=C/CCCCCCCCCCCCCCCCCCC. The number of nitrogens with one attached hydrogen (secondary N) is 1. The van der Waals surface area contributed by atoms with E-state index in [2.05, 4.69) is 55.6 Å². The van der Waals surface area contributed by atoms with Gasteiger partial charge in [0.05, 0.1) is 17.9 Å². The lowest BCUT2D eigenvalue weighted by Gasteiger charge is -2.21. The standard InChI is InChI=1S/C48H89NO5S/c1-3-5-7-9-11-13-15-17-19-21-23-24-26-28-30-32-34-36-38-40-42-44-48(51)49-46(45-55(52,53)54)47(50)43-41-39-37-35-33-31-29-27-25-22-20-18-16-14-12-10-8-6-4-2/h15,17,21,23,26,28,41,43,46-47,50H,3-14,16,18-20,22,24-25,27,29-40,42,44-45H2,1-2H3,(H,49,51)(H,52,53,54)/b17-15-,23-21-,28-26-,43-41+. The zero-order valence-electron chi connectivity index (χ0n) is 36.0. The average Bonchev–Trinajstić information content (AvgIpc) is 3.15. The van der Waals surface area contributed by atoms with E-state index < -0.39 is 28.0 Å². The second-order valence-electron chi connectivity index (χ2n) is 16.0. The van der Waals surface area contributed by atoms with Gasteiger partial charge in [0.25, 0.3) is 10.1 Å². The van der Waals surface area contributed by atoms with Crippen molar-refractivity contribution >= 4 is 16.0 Å². The molecule has 0 aliphatic rings. The molecule has 6 nitrogen and oxygen atoms in total. The Labute approximate surface area is 341 Å². The maximum absolute atomic E-state index is 12.6. The van der Waals surface area contributed by atoms with Crippen molar-refractivity contribution in [2.45, 2.75) is 244 Å². The summed E-state index contributed by atoms with van der Waals surface area (Å²) in [5.41, 5.74) is 0. The molecule has 0 aromatic carbocycles. The van der Waals surface area contributed by atoms with Gasteiger partial charge < -0.3 is 10.4 Å². The Hall–Kier alpha value is -1.70. The first kappa shape index (κ1) is 53.3. The third-order valence-corrected chi connectivity index (χ3v) is 11.3. The molecule has 0 aromatic rings. The smallest absolute Gasteiger partial charge is 0.267 e. The van der Waals surface area contributed by atoms with E-state index >= 15 is 0 Å². The van der Waals surface area contributed by atoms with Crippen LogP contribution in [0.1, 0.15) is 232 Å². The summed E-state index contributed by atoms with van der Waals surface area (Å²) in [6.45, 7) is 4.53. The van der Waals surface area contributed by atoms with E-state index in [0.717, 1.165) is 64.2 Å². The topological polar surface area (TPSA) is 104 Å². The van der Waals surface area contributed by atoms with Crippen molar-refractivity contribution < 1.29 is 22.9 Å². The molecular weight excluding hydrogens is 703 g/mol. The molecule has 0 fully saturated rings. The normalized spacial score (nSPS) is 13.6. The van der Waals surface area contributed by atoms with Crippen molar-refractivity contribution in [1.29, 1.82) is 0 Å². The van der Waals surface area contributed by atoms with E-state index in [0.29, 0.717) is 0 Å². The van der Waals surface area contributed by atoms with Gasteiger partial charge in [-0.3, -0.25) is 9.35 Å². The summed E-state index contributed by atoms with van der Waals surface area (Å²) in [7, 11) is -4.35. The third kappa shape index (κ3) is 43.3. The van der Waals surface area contributed by atoms with Crippen molar-refractivity contribution in [2.75, 3.05) is 5.75 Å². The van der Waals surface area contributed by atoms with Gasteiger partial charge in [-0.1, -0.05) is 217 Å². The Balaban J connectivity index is 3.89. The summed E-state index contributed by atoms with van der Waals surface area (Å²) in [4.78, 5) is 12.6. The van der Waals surface area contributed by atoms with Crippen LogP contribution in [0.3, 0.4) is 0 Å². The van der Waals surface area contributed by atoms with Gasteiger partial charge in [0.2, 0.25) is 5.91 Å². The number of rotatable bonds is 42. The van der Waals surface area contributed by atoms with Gasteiger partial charge in [0.1, 0.15) is 0 Å². The highest BCUT2D eigenvalue weighted by Crippen LogP contribution is 2.15. The number of carbonyl (C=O) groups excluding carboxylic acids is 1. The van der Waals surface area contributed by atoms with Crippen LogP contribution in [0.25, 0.3) is 0 Å². The second kappa shape index (κ2) is 41.9. The highest BCUT2D eigenvalue weighted by Gasteiger charge is 2.24. The van der Waals surface area contributed by atoms with Gasteiger partial charge in [-0.2, -0.15) is 8.42 Å². The minimum absolute atomic E-state index is 0.281. The van der Waals surface area contributed by atoms with E-state index in [1.807, 2.05) is 6.08 Å². The molecule has 0 saturated carbocycles. The van der Waals surface area contributed by atoms with Crippen LogP contribution in [0.5, 0.6) is 0 Å². The van der Waals surface area contributed by atoms with Crippen LogP contribution in [0.15, 0.2) is 48.6 Å². The fraction of sp³-hybridized carbons (Fsp3) is 0.812. The molecule has 0 aromatic heterocycles. The Kier molecular flexibility index (Phi) is 40.6. The molecule has 0 saturated heterocycles. The first-order valence-corrected chi connectivity index (χ1v) is 24.9. The maximum Gasteiger partial charge on any atom is 0.267 e. The minimum atomic E-state index is -4.35. The molecule has 2 atom stereocenters. The van der Waals surface area contributed by atoms with Gasteiger partial charge in [0, 0.05) is 6.42 Å². The lowest BCUT2D eigenvalue weighted by atomic mass is 10.0. The van der Waals surface area contributed by atoms with E-state index in [9.17, 15) is 22.9 Å². The molecule has 0 heterocycles. The Morgan fingerprint density at radius 1 is 0.491 bits per heavy atom. The molecule has 2 unspecified atom stereocenters. The highest BCUT2D eigenvalue weighted by atomic mass is 32.2. The van der Waals surface area contributed by atoms with E-state index in [1.54, 1.807) is 6.08 Å². The van der Waals surface area contributed by atoms with Crippen molar-refractivity contribution in [1.82, 2.24) is 5.32 Å². The summed E-state index contributed by atoms with van der Waals surface area (Å²) >= 11 is 0. The predicted molar refractivity (Wildman–Crippen MR) is 239 cm³/mol. The summed E-state index contributed by atoms with van der Waals surface area (Å²) in [6, 6.07) is -1.07. The second-order valence-corrected chi connectivity index (χ2v) is 17.5. The molecule has 55 heavy (non-hydrogen) atoms. The fourth-order valence-corrected chi connectivity index (χ4v) is 7.72. The number of allylic oxidation sites excluding steroid dienone is 7. The highest BCUT2D eigenvalue weighted by molar-refractivity contribution is 7.85. The lowest BCUT2D eigenvalue weighted by molar-refractivity contribution is -0.122. The molecule has 0 rings (SSSR count). The van der Waals surface area contributed by atoms with E-state index in [4.69, 9.17) is 0 Å². The van der Waals surface area contributed by atoms with Crippen LogP contribution in [0.2, 0.25) is 0 Å². The number of aliphatic hydroxyl groups excluding tert-OH is 1. The largest absolute Gasteiger partial charge is 0.387 e. The molecule has 322 valence electrons. The fourth-order valence-electron chi connectivity index (χ4n) is 6.99. The van der Waals surface area contributed by atoms with Crippen LogP contribution in [0.4, 0.5) is 0 Å². The zero-order valence-corrected chi connectivity index (χ0v) is 36.9. The van der Waals surface area contributed by atoms with Crippen molar-refractivity contribution in [3.63, 3.8) is 0 Å². The lowest BCUT2D eigenvalue weighted by Crippen LogP contribution is -2.46. The number of aliphatic hydroxyl groups is 1. The van der Waals surface area contributed by atoms with Crippen molar-refractivity contribution in [2.24, 2.45) is 0 Å². The summed E-state index contributed by atoms with van der Waals surface area (Å²) in [5, 5.41) is 13.3. The molecule has 3 N–H and O–H groups in total. The van der Waals surface area contributed by atoms with Crippen LogP contribution < -0.4 is 5.32 Å². The number of hydrogen-bond donors (Lipinski definition) is 3. The van der Waals surface area contributed by atoms with Gasteiger partial charge in [0.15, 0.2) is 0 Å². The third-order valence-electron chi connectivity index (χ3n) is 10.5. The summed E-state index contributed by atoms with van der Waals surface area (Å²) in [6.07, 6.45) is 56.7. The Morgan fingerprint density at radius 3 is 1.20 bits per heavy atom. The van der Waals surface area contributed by atoms with Gasteiger partial charge in [-0.05, 0) is 57.8 Å². The number of carbonyl (C=O) groups is 1. The number of amides is 1. The molecular formula is C48H89NO5S. The van der Waals surface area contributed by atoms with Crippen LogP contribution in [-0.4, -0.2) is 41.9 Å². The van der Waals surface area contributed by atoms with Gasteiger partial charge in [-0.25, -0.2) is 0 Å². The van der Waals surface area contributed by atoms with Crippen molar-refractivity contribution in [3.8, 4) is 0 Å². The molecule has 0 aliphatic heterocycles. The van der Waals surface area contributed by atoms with Gasteiger partial charge in [-0.15, -0.1) is 0 Å². The number of unbranched alkanes of at least 4 members (excludes halogenated alkanes) is 28. The quantitative estimate of drug-likeness (QED) is 0.0324. The van der Waals surface area contributed by atoms with Crippen LogP contribution >= 0.6 is 0 Å². The van der Waals surface area contributed by atoms with E-state index in [-0.39, 0.29) is 12.3 Å². The molecule has 7 heteroatoms. The van der Waals surface area contributed by atoms with Crippen LogP contribution in [0, 0.1) is 0 Å². The van der Waals surface area contributed by atoms with Crippen molar-refractivity contribution in [3.05, 3.63) is 48.6 Å². The Bertz CT molecular complexity index is 1050. The summed E-state index contributed by atoms with van der Waals surface area (Å²) in [5.74, 6) is -0.993. The predicted octanol–water partition coefficient (Wildman–Crippen LogP) is 14.2. The number of hydrogen-bond acceptors (Lipinski definition) is 4. The first-order chi connectivity index (χ1) is 26.8. The monoisotopic (exact) mass is 792 g/mol. The van der Waals surface area contributed by atoms with Crippen LogP contribution in [-0.2, 0) is 14.9 Å². The molecule has 1 amide bonds. The molecule has 0 radical (unpaired) electrons. The average molecular weight is 792 g/mol. The Morgan fingerprint density at radius 2 is 0.818 bits per heavy atom. The molecule has 0 aliphatic carbocycles. The first-order valence-electron chi connectivity index (χ1n) is 23.3. The van der Waals surface area contributed by atoms with Gasteiger partial charge >= 0.3 is 0 Å². The zero-order chi connectivity index (χ0) is 40.3. The minimum Gasteiger partial charge on any atom is -0.387 e.